The number of nitrogens with one attached hydrogen (secondary N) is 1. The normalized spacial score (nSPS) is 20.2. The lowest BCUT2D eigenvalue weighted by molar-refractivity contribution is -0.127. The zero-order valence-corrected chi connectivity index (χ0v) is 14.7. The van der Waals surface area contributed by atoms with E-state index < -0.39 is 0 Å². The average Bonchev–Trinajstić information content (AvgIpc) is 2.69. The van der Waals surface area contributed by atoms with Crippen LogP contribution in [0.3, 0.4) is 0 Å². The van der Waals surface area contributed by atoms with Crippen LogP contribution in [-0.2, 0) is 11.2 Å². The summed E-state index contributed by atoms with van der Waals surface area (Å²) in [6.07, 6.45) is 2.52. The van der Waals surface area contributed by atoms with Crippen LogP contribution in [0, 0.1) is 11.7 Å². The van der Waals surface area contributed by atoms with Crippen molar-refractivity contribution >= 4 is 11.6 Å². The van der Waals surface area contributed by atoms with Gasteiger partial charge in [-0.05, 0) is 55.2 Å². The second kappa shape index (κ2) is 7.36. The largest absolute Gasteiger partial charge is 0.492 e. The molecule has 1 saturated heterocycles. The van der Waals surface area contributed by atoms with Gasteiger partial charge in [-0.25, -0.2) is 4.39 Å². The van der Waals surface area contributed by atoms with Crippen molar-refractivity contribution in [2.24, 2.45) is 5.92 Å². The van der Waals surface area contributed by atoms with E-state index in [2.05, 4.69) is 10.2 Å². The minimum absolute atomic E-state index is 0.0831. The van der Waals surface area contributed by atoms with Gasteiger partial charge in [-0.3, -0.25) is 4.79 Å². The van der Waals surface area contributed by atoms with Gasteiger partial charge in [0.2, 0.25) is 5.91 Å². The lowest BCUT2D eigenvalue weighted by atomic mass is 9.95. The highest BCUT2D eigenvalue weighted by molar-refractivity contribution is 5.80. The third-order valence-corrected chi connectivity index (χ3v) is 5.28. The first-order valence-electron chi connectivity index (χ1n) is 9.20. The minimum Gasteiger partial charge on any atom is -0.492 e. The lowest BCUT2D eigenvalue weighted by Gasteiger charge is -2.35. The fourth-order valence-corrected chi connectivity index (χ4v) is 3.75. The molecule has 0 unspecified atom stereocenters. The highest BCUT2D eigenvalue weighted by atomic mass is 19.1. The van der Waals surface area contributed by atoms with Gasteiger partial charge in [0.05, 0.1) is 5.92 Å². The summed E-state index contributed by atoms with van der Waals surface area (Å²) >= 11 is 0. The molecule has 0 aromatic heterocycles. The minimum atomic E-state index is -0.216. The van der Waals surface area contributed by atoms with E-state index in [0.29, 0.717) is 6.61 Å². The van der Waals surface area contributed by atoms with Crippen molar-refractivity contribution in [2.45, 2.75) is 25.3 Å². The first kappa shape index (κ1) is 16.9. The smallest absolute Gasteiger partial charge is 0.227 e. The topological polar surface area (TPSA) is 41.6 Å². The Morgan fingerprint density at radius 3 is 2.58 bits per heavy atom. The van der Waals surface area contributed by atoms with Crippen molar-refractivity contribution in [1.29, 1.82) is 0 Å². The molecule has 1 amide bonds. The second-order valence-corrected chi connectivity index (χ2v) is 7.07. The number of piperidine rings is 1. The molecule has 2 aromatic carbocycles. The first-order valence-corrected chi connectivity index (χ1v) is 9.20. The average molecular weight is 354 g/mol. The Kier molecular flexibility index (Phi) is 4.78. The predicted octanol–water partition coefficient (Wildman–Crippen LogP) is 3.16. The zero-order valence-electron chi connectivity index (χ0n) is 14.7. The van der Waals surface area contributed by atoms with Crippen LogP contribution in [0.25, 0.3) is 0 Å². The fourth-order valence-electron chi connectivity index (χ4n) is 3.75. The highest BCUT2D eigenvalue weighted by Crippen LogP contribution is 2.27. The Balaban J connectivity index is 1.29. The number of carbonyl (C=O) groups excluding carboxylic acids is 1. The first-order chi connectivity index (χ1) is 12.7. The number of para-hydroxylation sites is 1. The number of rotatable bonds is 3. The molecular weight excluding hydrogens is 331 g/mol. The van der Waals surface area contributed by atoms with Crippen LogP contribution in [0.2, 0.25) is 0 Å². The summed E-state index contributed by atoms with van der Waals surface area (Å²) in [5.41, 5.74) is 2.14. The molecule has 0 aliphatic carbocycles. The summed E-state index contributed by atoms with van der Waals surface area (Å²) in [5, 5.41) is 3.19. The van der Waals surface area contributed by atoms with Crippen LogP contribution in [0.4, 0.5) is 10.1 Å². The number of amides is 1. The van der Waals surface area contributed by atoms with Crippen LogP contribution in [0.1, 0.15) is 18.4 Å². The molecule has 4 rings (SSSR count). The molecule has 2 aliphatic rings. The van der Waals surface area contributed by atoms with Gasteiger partial charge >= 0.3 is 0 Å². The zero-order chi connectivity index (χ0) is 17.9. The van der Waals surface area contributed by atoms with Crippen LogP contribution < -0.4 is 15.0 Å². The molecule has 0 radical (unpaired) electrons. The molecule has 1 fully saturated rings. The van der Waals surface area contributed by atoms with Gasteiger partial charge in [0.15, 0.2) is 0 Å². The van der Waals surface area contributed by atoms with E-state index in [4.69, 9.17) is 4.74 Å². The summed E-state index contributed by atoms with van der Waals surface area (Å²) in [6, 6.07) is 14.7. The molecular formula is C21H23FN2O2. The number of benzene rings is 2. The quantitative estimate of drug-likeness (QED) is 0.921. The van der Waals surface area contributed by atoms with Crippen LogP contribution in [-0.4, -0.2) is 31.6 Å². The van der Waals surface area contributed by atoms with E-state index in [-0.39, 0.29) is 23.7 Å². The number of carbonyl (C=O) groups is 1. The maximum absolute atomic E-state index is 13.1. The summed E-state index contributed by atoms with van der Waals surface area (Å²) in [6.45, 7) is 2.17. The van der Waals surface area contributed by atoms with Crippen molar-refractivity contribution in [3.05, 3.63) is 59.9 Å². The number of ether oxygens (including phenoxy) is 1. The Bertz CT molecular complexity index is 770. The van der Waals surface area contributed by atoms with Crippen LogP contribution in [0.5, 0.6) is 5.75 Å². The van der Waals surface area contributed by atoms with E-state index in [1.54, 1.807) is 0 Å². The molecule has 5 heteroatoms. The SMILES string of the molecule is O=C(NC1CCN(c2ccc(F)cc2)CC1)[C@H]1COc2ccccc2C1. The van der Waals surface area contributed by atoms with E-state index in [1.165, 1.54) is 12.1 Å². The van der Waals surface area contributed by atoms with Crippen molar-refractivity contribution in [3.63, 3.8) is 0 Å². The molecule has 0 bridgehead atoms. The van der Waals surface area contributed by atoms with E-state index in [1.807, 2.05) is 36.4 Å². The molecule has 0 spiro atoms. The standard InChI is InChI=1S/C21H23FN2O2/c22-17-5-7-19(8-6-17)24-11-9-18(10-12-24)23-21(25)16-13-15-3-1-2-4-20(15)26-14-16/h1-8,16,18H,9-14H2,(H,23,25)/t16-/m1/s1. The van der Waals surface area contributed by atoms with Crippen molar-refractivity contribution < 1.29 is 13.9 Å². The van der Waals surface area contributed by atoms with Crippen molar-refractivity contribution in [3.8, 4) is 5.75 Å². The predicted molar refractivity (Wildman–Crippen MR) is 98.9 cm³/mol. The second-order valence-electron chi connectivity index (χ2n) is 7.07. The Hall–Kier alpha value is -2.56. The van der Waals surface area contributed by atoms with Crippen molar-refractivity contribution in [1.82, 2.24) is 5.32 Å². The van der Waals surface area contributed by atoms with Crippen molar-refractivity contribution in [2.75, 3.05) is 24.6 Å². The third kappa shape index (κ3) is 3.66. The summed E-state index contributed by atoms with van der Waals surface area (Å²) in [7, 11) is 0. The molecule has 2 aliphatic heterocycles. The number of hydrogen-bond donors (Lipinski definition) is 1. The van der Waals surface area contributed by atoms with Gasteiger partial charge in [0, 0.05) is 24.8 Å². The molecule has 26 heavy (non-hydrogen) atoms. The maximum Gasteiger partial charge on any atom is 0.227 e. The van der Waals surface area contributed by atoms with Gasteiger partial charge in [-0.1, -0.05) is 18.2 Å². The van der Waals surface area contributed by atoms with Gasteiger partial charge in [-0.2, -0.15) is 0 Å². The monoisotopic (exact) mass is 354 g/mol. The highest BCUT2D eigenvalue weighted by Gasteiger charge is 2.28. The lowest BCUT2D eigenvalue weighted by Crippen LogP contribution is -2.48. The molecule has 136 valence electrons. The Labute approximate surface area is 153 Å². The van der Waals surface area contributed by atoms with Gasteiger partial charge < -0.3 is 15.0 Å². The number of anilines is 1. The van der Waals surface area contributed by atoms with Crippen LogP contribution in [0.15, 0.2) is 48.5 Å². The van der Waals surface area contributed by atoms with Gasteiger partial charge in [-0.15, -0.1) is 0 Å². The molecule has 4 nitrogen and oxygen atoms in total. The molecule has 1 N–H and O–H groups in total. The Morgan fingerprint density at radius 2 is 1.81 bits per heavy atom. The molecule has 2 heterocycles. The molecule has 0 saturated carbocycles. The third-order valence-electron chi connectivity index (χ3n) is 5.28. The maximum atomic E-state index is 13.1. The summed E-state index contributed by atoms with van der Waals surface area (Å²) < 4.78 is 18.8. The van der Waals surface area contributed by atoms with E-state index in [0.717, 1.165) is 49.4 Å². The van der Waals surface area contributed by atoms with E-state index >= 15 is 0 Å². The number of nitrogens with zero attached hydrogens (tertiary/aromatic N) is 1. The van der Waals surface area contributed by atoms with E-state index in [9.17, 15) is 9.18 Å². The summed E-state index contributed by atoms with van der Waals surface area (Å²) in [5.74, 6) is 0.635. The number of fused-ring (bicyclic) bond motifs is 1. The number of hydrogen-bond acceptors (Lipinski definition) is 3. The number of halogens is 1. The summed E-state index contributed by atoms with van der Waals surface area (Å²) in [4.78, 5) is 14.9. The Morgan fingerprint density at radius 1 is 1.08 bits per heavy atom. The molecule has 1 atom stereocenters. The fraction of sp³-hybridized carbons (Fsp3) is 0.381. The molecule has 2 aromatic rings. The van der Waals surface area contributed by atoms with Crippen LogP contribution >= 0.6 is 0 Å². The van der Waals surface area contributed by atoms with Gasteiger partial charge in [0.25, 0.3) is 0 Å². The van der Waals surface area contributed by atoms with Gasteiger partial charge in [0.1, 0.15) is 18.2 Å².